The van der Waals surface area contributed by atoms with Crippen molar-refractivity contribution >= 4 is 0 Å². The van der Waals surface area contributed by atoms with Crippen LogP contribution in [0.5, 0.6) is 0 Å². The van der Waals surface area contributed by atoms with Gasteiger partial charge in [-0.3, -0.25) is 5.43 Å². The van der Waals surface area contributed by atoms with Gasteiger partial charge in [0, 0.05) is 18.5 Å². The van der Waals surface area contributed by atoms with Crippen molar-refractivity contribution in [3.05, 3.63) is 35.4 Å². The van der Waals surface area contributed by atoms with Gasteiger partial charge in [-0.05, 0) is 32.0 Å². The maximum absolute atomic E-state index is 3.41. The van der Waals surface area contributed by atoms with Gasteiger partial charge in [0.05, 0.1) is 6.04 Å². The van der Waals surface area contributed by atoms with E-state index in [0.29, 0.717) is 18.0 Å². The molecule has 0 aliphatic carbocycles. The standard InChI is InChI=1S/C13H21N3/c1-9-6-4-5-7-11(9)13-12(8-14-3)10(2)15-16-13/h4-7,10,12-16H,8H2,1-3H3. The molecule has 2 rings (SSSR count). The minimum atomic E-state index is 0.406. The lowest BCUT2D eigenvalue weighted by molar-refractivity contribution is 0.416. The van der Waals surface area contributed by atoms with Crippen LogP contribution in [-0.2, 0) is 0 Å². The SMILES string of the molecule is CNCC1C(C)NNC1c1ccccc1C. The zero-order chi connectivity index (χ0) is 11.5. The number of hydrazine groups is 1. The fourth-order valence-electron chi connectivity index (χ4n) is 2.50. The first-order valence-corrected chi connectivity index (χ1v) is 5.95. The first-order chi connectivity index (χ1) is 7.74. The van der Waals surface area contributed by atoms with E-state index in [-0.39, 0.29) is 0 Å². The van der Waals surface area contributed by atoms with Crippen LogP contribution in [0.4, 0.5) is 0 Å². The maximum atomic E-state index is 3.41. The summed E-state index contributed by atoms with van der Waals surface area (Å²) in [6.45, 7) is 5.43. The third-order valence-corrected chi connectivity index (χ3v) is 3.50. The molecule has 0 radical (unpaired) electrons. The topological polar surface area (TPSA) is 36.1 Å². The number of nitrogens with one attached hydrogen (secondary N) is 3. The van der Waals surface area contributed by atoms with E-state index < -0.39 is 0 Å². The molecule has 0 saturated carbocycles. The molecular formula is C13H21N3. The highest BCUT2D eigenvalue weighted by molar-refractivity contribution is 5.30. The van der Waals surface area contributed by atoms with Gasteiger partial charge in [0.25, 0.3) is 0 Å². The summed E-state index contributed by atoms with van der Waals surface area (Å²) >= 11 is 0. The molecule has 1 aromatic carbocycles. The molecule has 1 aliphatic rings. The lowest BCUT2D eigenvalue weighted by atomic mass is 9.88. The number of hydrogen-bond donors (Lipinski definition) is 3. The second-order valence-electron chi connectivity index (χ2n) is 4.63. The van der Waals surface area contributed by atoms with E-state index in [9.17, 15) is 0 Å². The molecule has 1 aliphatic heterocycles. The summed E-state index contributed by atoms with van der Waals surface area (Å²) in [4.78, 5) is 0. The van der Waals surface area contributed by atoms with E-state index in [1.165, 1.54) is 11.1 Å². The van der Waals surface area contributed by atoms with E-state index in [2.05, 4.69) is 54.3 Å². The highest BCUT2D eigenvalue weighted by Crippen LogP contribution is 2.29. The Kier molecular flexibility index (Phi) is 3.59. The monoisotopic (exact) mass is 219 g/mol. The van der Waals surface area contributed by atoms with Crippen LogP contribution in [0, 0.1) is 12.8 Å². The van der Waals surface area contributed by atoms with Crippen LogP contribution >= 0.6 is 0 Å². The molecule has 3 heteroatoms. The molecule has 0 spiro atoms. The quantitative estimate of drug-likeness (QED) is 0.718. The highest BCUT2D eigenvalue weighted by Gasteiger charge is 2.33. The largest absolute Gasteiger partial charge is 0.319 e. The summed E-state index contributed by atoms with van der Waals surface area (Å²) in [6.07, 6.45) is 0. The number of hydrogen-bond acceptors (Lipinski definition) is 3. The molecular weight excluding hydrogens is 198 g/mol. The van der Waals surface area contributed by atoms with Crippen molar-refractivity contribution in [2.75, 3.05) is 13.6 Å². The van der Waals surface area contributed by atoms with Crippen LogP contribution in [0.1, 0.15) is 24.1 Å². The van der Waals surface area contributed by atoms with Gasteiger partial charge in [0.1, 0.15) is 0 Å². The Morgan fingerprint density at radius 1 is 1.25 bits per heavy atom. The van der Waals surface area contributed by atoms with E-state index in [4.69, 9.17) is 0 Å². The average molecular weight is 219 g/mol. The van der Waals surface area contributed by atoms with Crippen molar-refractivity contribution in [2.45, 2.75) is 25.9 Å². The van der Waals surface area contributed by atoms with Crippen molar-refractivity contribution in [1.82, 2.24) is 16.2 Å². The van der Waals surface area contributed by atoms with Gasteiger partial charge in [-0.25, -0.2) is 5.43 Å². The lowest BCUT2D eigenvalue weighted by Crippen LogP contribution is -2.31. The summed E-state index contributed by atoms with van der Waals surface area (Å²) in [7, 11) is 2.01. The van der Waals surface area contributed by atoms with Gasteiger partial charge in [0.2, 0.25) is 0 Å². The van der Waals surface area contributed by atoms with Gasteiger partial charge in [0.15, 0.2) is 0 Å². The van der Waals surface area contributed by atoms with Crippen LogP contribution in [0.15, 0.2) is 24.3 Å². The summed E-state index contributed by atoms with van der Waals surface area (Å²) in [5.41, 5.74) is 9.51. The fraction of sp³-hybridized carbons (Fsp3) is 0.538. The molecule has 3 N–H and O–H groups in total. The molecule has 1 aromatic rings. The van der Waals surface area contributed by atoms with Crippen molar-refractivity contribution in [1.29, 1.82) is 0 Å². The molecule has 3 unspecified atom stereocenters. The number of rotatable bonds is 3. The first kappa shape index (κ1) is 11.6. The first-order valence-electron chi connectivity index (χ1n) is 5.95. The van der Waals surface area contributed by atoms with E-state index in [1.807, 2.05) is 7.05 Å². The average Bonchev–Trinajstić information content (AvgIpc) is 2.62. The Hall–Kier alpha value is -0.900. The molecule has 0 bridgehead atoms. The van der Waals surface area contributed by atoms with Gasteiger partial charge in [-0.15, -0.1) is 0 Å². The second kappa shape index (κ2) is 4.95. The molecule has 0 aromatic heterocycles. The Morgan fingerprint density at radius 2 is 2.00 bits per heavy atom. The normalized spacial score (nSPS) is 29.6. The molecule has 16 heavy (non-hydrogen) atoms. The Bertz CT molecular complexity index is 351. The van der Waals surface area contributed by atoms with Crippen LogP contribution in [0.3, 0.4) is 0 Å². The zero-order valence-electron chi connectivity index (χ0n) is 10.2. The summed E-state index contributed by atoms with van der Waals surface area (Å²) < 4.78 is 0. The Morgan fingerprint density at radius 3 is 2.69 bits per heavy atom. The number of benzene rings is 1. The fourth-order valence-corrected chi connectivity index (χ4v) is 2.50. The molecule has 1 fully saturated rings. The minimum absolute atomic E-state index is 0.406. The third-order valence-electron chi connectivity index (χ3n) is 3.50. The van der Waals surface area contributed by atoms with E-state index >= 15 is 0 Å². The van der Waals surface area contributed by atoms with Gasteiger partial charge in [-0.1, -0.05) is 24.3 Å². The van der Waals surface area contributed by atoms with Crippen molar-refractivity contribution in [3.63, 3.8) is 0 Å². The lowest BCUT2D eigenvalue weighted by Gasteiger charge is -2.22. The van der Waals surface area contributed by atoms with Gasteiger partial charge in [-0.2, -0.15) is 0 Å². The molecule has 3 nitrogen and oxygen atoms in total. The van der Waals surface area contributed by atoms with Crippen molar-refractivity contribution < 1.29 is 0 Å². The van der Waals surface area contributed by atoms with Crippen molar-refractivity contribution in [2.24, 2.45) is 5.92 Å². The van der Waals surface area contributed by atoms with Crippen LogP contribution in [0.2, 0.25) is 0 Å². The molecule has 3 atom stereocenters. The van der Waals surface area contributed by atoms with Crippen LogP contribution in [-0.4, -0.2) is 19.6 Å². The van der Waals surface area contributed by atoms with Crippen LogP contribution < -0.4 is 16.2 Å². The predicted molar refractivity (Wildman–Crippen MR) is 67.1 cm³/mol. The number of aryl methyl sites for hydroxylation is 1. The summed E-state index contributed by atoms with van der Waals surface area (Å²) in [5.74, 6) is 0.589. The Balaban J connectivity index is 2.23. The predicted octanol–water partition coefficient (Wildman–Crippen LogP) is 1.37. The molecule has 88 valence electrons. The summed E-state index contributed by atoms with van der Waals surface area (Å²) in [5, 5.41) is 3.28. The summed E-state index contributed by atoms with van der Waals surface area (Å²) in [6, 6.07) is 9.51. The van der Waals surface area contributed by atoms with Crippen molar-refractivity contribution in [3.8, 4) is 0 Å². The van der Waals surface area contributed by atoms with E-state index in [1.54, 1.807) is 0 Å². The zero-order valence-corrected chi connectivity index (χ0v) is 10.2. The van der Waals surface area contributed by atoms with Gasteiger partial charge < -0.3 is 5.32 Å². The molecule has 1 heterocycles. The van der Waals surface area contributed by atoms with Crippen LogP contribution in [0.25, 0.3) is 0 Å². The van der Waals surface area contributed by atoms with E-state index in [0.717, 1.165) is 6.54 Å². The minimum Gasteiger partial charge on any atom is -0.319 e. The molecule has 1 saturated heterocycles. The maximum Gasteiger partial charge on any atom is 0.0520 e. The highest BCUT2D eigenvalue weighted by atomic mass is 15.4. The second-order valence-corrected chi connectivity index (χ2v) is 4.63. The van der Waals surface area contributed by atoms with Gasteiger partial charge >= 0.3 is 0 Å². The smallest absolute Gasteiger partial charge is 0.0520 e. The Labute approximate surface area is 97.6 Å². The third kappa shape index (κ3) is 2.12. The molecule has 0 amide bonds.